The van der Waals surface area contributed by atoms with Gasteiger partial charge in [-0.25, -0.2) is 4.98 Å². The summed E-state index contributed by atoms with van der Waals surface area (Å²) in [7, 11) is 0. The third-order valence-electron chi connectivity index (χ3n) is 3.93. The van der Waals surface area contributed by atoms with Crippen LogP contribution < -0.4 is 5.73 Å². The standard InChI is InChI=1S/C12H13F3N2O.C5H10O/c1-6(2)11-17-9-4-7(5-16)3-8(10(9)18-11)12(13,14)15;6-5-3-1-2-4-5/h3-4,6H,5,16H2,1-2H3;5-6H,1-4H2. The summed E-state index contributed by atoms with van der Waals surface area (Å²) in [6, 6.07) is 2.54. The lowest BCUT2D eigenvalue weighted by molar-refractivity contribution is -0.136. The molecule has 0 amide bonds. The zero-order valence-electron chi connectivity index (χ0n) is 13.9. The molecule has 7 heteroatoms. The van der Waals surface area contributed by atoms with Gasteiger partial charge in [-0.15, -0.1) is 0 Å². The molecule has 0 aliphatic heterocycles. The van der Waals surface area contributed by atoms with Crippen molar-refractivity contribution in [3.63, 3.8) is 0 Å². The number of aliphatic hydroxyl groups excluding tert-OH is 1. The quantitative estimate of drug-likeness (QED) is 0.849. The number of oxazole rings is 1. The van der Waals surface area contributed by atoms with Crippen molar-refractivity contribution < 1.29 is 22.7 Å². The molecule has 1 aromatic carbocycles. The number of aliphatic hydroxyl groups is 1. The van der Waals surface area contributed by atoms with Crippen molar-refractivity contribution in [2.24, 2.45) is 5.73 Å². The lowest BCUT2D eigenvalue weighted by atomic mass is 10.1. The summed E-state index contributed by atoms with van der Waals surface area (Å²) >= 11 is 0. The number of hydrogen-bond acceptors (Lipinski definition) is 4. The molecule has 1 heterocycles. The summed E-state index contributed by atoms with van der Waals surface area (Å²) < 4.78 is 44.0. The maximum Gasteiger partial charge on any atom is 0.420 e. The number of halogens is 3. The van der Waals surface area contributed by atoms with Crippen molar-refractivity contribution in [3.8, 4) is 0 Å². The Balaban J connectivity index is 0.000000292. The molecule has 0 bridgehead atoms. The van der Waals surface area contributed by atoms with Crippen LogP contribution in [-0.2, 0) is 12.7 Å². The van der Waals surface area contributed by atoms with Crippen LogP contribution in [0.15, 0.2) is 16.5 Å². The van der Waals surface area contributed by atoms with Gasteiger partial charge in [0.15, 0.2) is 11.5 Å². The monoisotopic (exact) mass is 344 g/mol. The molecule has 1 fully saturated rings. The van der Waals surface area contributed by atoms with Crippen molar-refractivity contribution in [1.82, 2.24) is 4.98 Å². The molecule has 0 spiro atoms. The van der Waals surface area contributed by atoms with Gasteiger partial charge in [0.1, 0.15) is 11.1 Å². The first-order valence-electron chi connectivity index (χ1n) is 8.11. The molecule has 24 heavy (non-hydrogen) atoms. The maximum atomic E-state index is 12.9. The second-order valence-corrected chi connectivity index (χ2v) is 6.34. The average molecular weight is 344 g/mol. The van der Waals surface area contributed by atoms with Gasteiger partial charge in [-0.3, -0.25) is 0 Å². The normalized spacial score (nSPS) is 15.8. The van der Waals surface area contributed by atoms with Crippen LogP contribution in [0.25, 0.3) is 11.1 Å². The lowest BCUT2D eigenvalue weighted by Crippen LogP contribution is -2.07. The van der Waals surface area contributed by atoms with E-state index in [9.17, 15) is 13.2 Å². The highest BCUT2D eigenvalue weighted by Crippen LogP contribution is 2.36. The Bertz CT molecular complexity index is 674. The molecule has 0 saturated heterocycles. The number of nitrogens with zero attached hydrogens (tertiary/aromatic N) is 1. The largest absolute Gasteiger partial charge is 0.440 e. The van der Waals surface area contributed by atoms with Gasteiger partial charge >= 0.3 is 6.18 Å². The topological polar surface area (TPSA) is 72.3 Å². The van der Waals surface area contributed by atoms with Crippen molar-refractivity contribution in [2.45, 2.75) is 64.3 Å². The Morgan fingerprint density at radius 1 is 1.29 bits per heavy atom. The van der Waals surface area contributed by atoms with Crippen molar-refractivity contribution in [2.75, 3.05) is 0 Å². The zero-order valence-corrected chi connectivity index (χ0v) is 13.9. The molecule has 3 N–H and O–H groups in total. The van der Waals surface area contributed by atoms with Crippen molar-refractivity contribution in [3.05, 3.63) is 29.2 Å². The Hall–Kier alpha value is -1.60. The third-order valence-corrected chi connectivity index (χ3v) is 3.93. The molecule has 1 saturated carbocycles. The molecule has 3 rings (SSSR count). The Morgan fingerprint density at radius 3 is 2.33 bits per heavy atom. The molecule has 4 nitrogen and oxygen atoms in total. The molecule has 134 valence electrons. The van der Waals surface area contributed by atoms with E-state index in [2.05, 4.69) is 4.98 Å². The van der Waals surface area contributed by atoms with Gasteiger partial charge in [0.05, 0.1) is 6.10 Å². The summed E-state index contributed by atoms with van der Waals surface area (Å²) in [6.45, 7) is 3.65. The van der Waals surface area contributed by atoms with Crippen LogP contribution in [-0.4, -0.2) is 16.2 Å². The first kappa shape index (κ1) is 18.7. The molecule has 0 atom stereocenters. The van der Waals surface area contributed by atoms with E-state index in [1.165, 1.54) is 18.9 Å². The van der Waals surface area contributed by atoms with Crippen molar-refractivity contribution in [1.29, 1.82) is 0 Å². The number of hydrogen-bond donors (Lipinski definition) is 2. The molecular formula is C17H23F3N2O2. The first-order chi connectivity index (χ1) is 11.2. The number of aromatic nitrogens is 1. The van der Waals surface area contributed by atoms with E-state index in [1.807, 2.05) is 13.8 Å². The smallest absolute Gasteiger partial charge is 0.420 e. The van der Waals surface area contributed by atoms with Gasteiger partial charge in [-0.1, -0.05) is 26.7 Å². The van der Waals surface area contributed by atoms with Gasteiger partial charge < -0.3 is 15.3 Å². The van der Waals surface area contributed by atoms with Crippen LogP contribution in [0.2, 0.25) is 0 Å². The van der Waals surface area contributed by atoms with E-state index in [0.717, 1.165) is 18.9 Å². The third kappa shape index (κ3) is 4.48. The molecular weight excluding hydrogens is 321 g/mol. The lowest BCUT2D eigenvalue weighted by Gasteiger charge is -2.08. The van der Waals surface area contributed by atoms with Gasteiger partial charge in [-0.05, 0) is 30.5 Å². The van der Waals surface area contributed by atoms with E-state index in [-0.39, 0.29) is 29.7 Å². The minimum Gasteiger partial charge on any atom is -0.440 e. The van der Waals surface area contributed by atoms with Crippen LogP contribution in [0.4, 0.5) is 13.2 Å². The van der Waals surface area contributed by atoms with Crippen LogP contribution in [0.3, 0.4) is 0 Å². The van der Waals surface area contributed by atoms with E-state index < -0.39 is 11.7 Å². The summed E-state index contributed by atoms with van der Waals surface area (Å²) in [5.74, 6) is 0.226. The second kappa shape index (κ2) is 7.53. The van der Waals surface area contributed by atoms with E-state index in [1.54, 1.807) is 0 Å². The maximum absolute atomic E-state index is 12.9. The van der Waals surface area contributed by atoms with Gasteiger partial charge in [0, 0.05) is 12.5 Å². The summed E-state index contributed by atoms with van der Waals surface area (Å²) in [5, 5.41) is 8.73. The molecule has 0 radical (unpaired) electrons. The molecule has 2 aromatic rings. The predicted molar refractivity (Wildman–Crippen MR) is 85.5 cm³/mol. The van der Waals surface area contributed by atoms with Crippen LogP contribution >= 0.6 is 0 Å². The SMILES string of the molecule is CC(C)c1nc2cc(CN)cc(C(F)(F)F)c2o1.OC1CCCC1. The first-order valence-corrected chi connectivity index (χ1v) is 8.11. The van der Waals surface area contributed by atoms with Crippen LogP contribution in [0, 0.1) is 0 Å². The second-order valence-electron chi connectivity index (χ2n) is 6.34. The van der Waals surface area contributed by atoms with Crippen LogP contribution in [0.5, 0.6) is 0 Å². The Kier molecular flexibility index (Phi) is 5.87. The van der Waals surface area contributed by atoms with Crippen molar-refractivity contribution >= 4 is 11.1 Å². The summed E-state index contributed by atoms with van der Waals surface area (Å²) in [4.78, 5) is 4.07. The van der Waals surface area contributed by atoms with Crippen LogP contribution in [0.1, 0.15) is 62.5 Å². The fourth-order valence-electron chi connectivity index (χ4n) is 2.59. The molecule has 1 aliphatic carbocycles. The minimum absolute atomic E-state index is 0.0306. The number of alkyl halides is 3. The highest BCUT2D eigenvalue weighted by molar-refractivity contribution is 5.78. The number of fused-ring (bicyclic) bond motifs is 1. The van der Waals surface area contributed by atoms with E-state index in [0.29, 0.717) is 11.5 Å². The number of rotatable bonds is 2. The van der Waals surface area contributed by atoms with E-state index >= 15 is 0 Å². The van der Waals surface area contributed by atoms with Gasteiger partial charge in [0.25, 0.3) is 0 Å². The average Bonchev–Trinajstić information content (AvgIpc) is 3.14. The molecule has 1 aliphatic rings. The van der Waals surface area contributed by atoms with Gasteiger partial charge in [0.2, 0.25) is 0 Å². The fourth-order valence-corrected chi connectivity index (χ4v) is 2.59. The summed E-state index contributed by atoms with van der Waals surface area (Å²) in [6.07, 6.45) is 0.129. The van der Waals surface area contributed by atoms with E-state index in [4.69, 9.17) is 15.3 Å². The highest BCUT2D eigenvalue weighted by atomic mass is 19.4. The minimum atomic E-state index is -4.47. The molecule has 0 unspecified atom stereocenters. The zero-order chi connectivity index (χ0) is 17.9. The Morgan fingerprint density at radius 2 is 1.92 bits per heavy atom. The fraction of sp³-hybridized carbons (Fsp3) is 0.588. The number of benzene rings is 1. The highest BCUT2D eigenvalue weighted by Gasteiger charge is 2.35. The molecule has 1 aromatic heterocycles. The number of nitrogens with two attached hydrogens (primary N) is 1. The Labute approximate surface area is 138 Å². The van der Waals surface area contributed by atoms with Gasteiger partial charge in [-0.2, -0.15) is 13.2 Å². The summed E-state index contributed by atoms with van der Waals surface area (Å²) in [5.41, 5.74) is 4.95. The predicted octanol–water partition coefficient (Wildman–Crippen LogP) is 4.35.